The first-order valence-corrected chi connectivity index (χ1v) is 16.5. The molecule has 3 fully saturated rings. The van der Waals surface area contributed by atoms with Crippen molar-refractivity contribution in [2.75, 3.05) is 38.0 Å². The molecule has 2 aromatic carbocycles. The third-order valence-corrected chi connectivity index (χ3v) is 9.98. The van der Waals surface area contributed by atoms with Gasteiger partial charge < -0.3 is 25.0 Å². The highest BCUT2D eigenvalue weighted by atomic mass is 16.5. The van der Waals surface area contributed by atoms with E-state index in [1.165, 1.54) is 17.5 Å². The van der Waals surface area contributed by atoms with Gasteiger partial charge in [-0.05, 0) is 101 Å². The van der Waals surface area contributed by atoms with Crippen molar-refractivity contribution >= 4 is 17.7 Å². The molecule has 3 aliphatic heterocycles. The number of aryl methyl sites for hydroxylation is 1. The van der Waals surface area contributed by atoms with Gasteiger partial charge in [0.15, 0.2) is 0 Å². The number of nitrogens with one attached hydrogen (secondary N) is 1. The molecule has 0 radical (unpaired) electrons. The van der Waals surface area contributed by atoms with Crippen molar-refractivity contribution in [2.24, 2.45) is 0 Å². The van der Waals surface area contributed by atoms with Crippen molar-refractivity contribution in [3.05, 3.63) is 88.4 Å². The molecule has 3 aliphatic rings. The fraction of sp³-hybridized carbons (Fsp3) is 0.500. The third kappa shape index (κ3) is 7.36. The molecule has 0 saturated carbocycles. The summed E-state index contributed by atoms with van der Waals surface area (Å²) in [5.74, 6) is 0.189. The number of carboxylic acids is 1. The molecule has 1 amide bonds. The number of amides is 1. The molecule has 9 heteroatoms. The minimum absolute atomic E-state index is 0.0261. The lowest BCUT2D eigenvalue weighted by Gasteiger charge is -2.42. The van der Waals surface area contributed by atoms with E-state index in [-0.39, 0.29) is 18.1 Å². The normalized spacial score (nSPS) is 21.9. The lowest BCUT2D eigenvalue weighted by Crippen LogP contribution is -2.49. The van der Waals surface area contributed by atoms with Crippen LogP contribution in [0.4, 0.5) is 5.82 Å². The van der Waals surface area contributed by atoms with Crippen LogP contribution >= 0.6 is 0 Å². The number of carbonyl (C=O) groups is 2. The van der Waals surface area contributed by atoms with Gasteiger partial charge in [0.1, 0.15) is 17.8 Å². The molecule has 0 aliphatic carbocycles. The predicted molar refractivity (Wildman–Crippen MR) is 174 cm³/mol. The maximum absolute atomic E-state index is 13.6. The van der Waals surface area contributed by atoms with Crippen LogP contribution in [-0.4, -0.2) is 81.6 Å². The molecule has 0 bridgehead atoms. The second kappa shape index (κ2) is 14.1. The van der Waals surface area contributed by atoms with Crippen molar-refractivity contribution in [1.29, 1.82) is 0 Å². The van der Waals surface area contributed by atoms with E-state index in [0.29, 0.717) is 48.7 Å². The number of likely N-dealkylation sites (tertiary alicyclic amines) is 2. The highest BCUT2D eigenvalue weighted by Gasteiger charge is 2.32. The zero-order chi connectivity index (χ0) is 31.3. The van der Waals surface area contributed by atoms with Gasteiger partial charge in [-0.1, -0.05) is 42.0 Å². The summed E-state index contributed by atoms with van der Waals surface area (Å²) < 4.78 is 6.44. The second-order valence-corrected chi connectivity index (χ2v) is 12.9. The van der Waals surface area contributed by atoms with Gasteiger partial charge in [-0.25, -0.2) is 14.8 Å². The van der Waals surface area contributed by atoms with Crippen LogP contribution in [0.15, 0.2) is 54.9 Å². The van der Waals surface area contributed by atoms with Gasteiger partial charge in [-0.2, -0.15) is 0 Å². The lowest BCUT2D eigenvalue weighted by atomic mass is 9.87. The molecule has 2 N–H and O–H groups in total. The number of hydrogen-bond donors (Lipinski definition) is 2. The van der Waals surface area contributed by atoms with Crippen LogP contribution in [0.1, 0.15) is 100 Å². The Kier molecular flexibility index (Phi) is 9.76. The monoisotopic (exact) mass is 611 g/mol. The van der Waals surface area contributed by atoms with Crippen molar-refractivity contribution in [2.45, 2.75) is 83.0 Å². The Morgan fingerprint density at radius 1 is 0.911 bits per heavy atom. The van der Waals surface area contributed by atoms with Gasteiger partial charge in [0, 0.05) is 31.2 Å². The summed E-state index contributed by atoms with van der Waals surface area (Å²) in [7, 11) is 0. The molecular formula is C36H45N5O4. The number of rotatable bonds is 8. The van der Waals surface area contributed by atoms with Gasteiger partial charge in [0.25, 0.3) is 5.91 Å². The fourth-order valence-electron chi connectivity index (χ4n) is 7.24. The molecule has 45 heavy (non-hydrogen) atoms. The SMILES string of the molecule is Cc1ccc(C2CCCC(CNc3ncnc(C(=O)N4CCC(N5CCC(c6cccc(C(=O)O)c6)CC5)CC4)c3C)O2)cc1. The average molecular weight is 612 g/mol. The fourth-order valence-corrected chi connectivity index (χ4v) is 7.24. The van der Waals surface area contributed by atoms with Crippen LogP contribution in [0.25, 0.3) is 0 Å². The summed E-state index contributed by atoms with van der Waals surface area (Å²) in [4.78, 5) is 38.4. The molecule has 238 valence electrons. The van der Waals surface area contributed by atoms with Gasteiger partial charge in [0.05, 0.1) is 17.8 Å². The standard InChI is InChI=1S/C36H45N5O4/c1-24-9-11-27(12-10-24)32-8-4-7-31(45-32)22-37-34-25(2)33(38-23-39-34)35(42)41-19-15-30(16-20-41)40-17-13-26(14-18-40)28-5-3-6-29(21-28)36(43)44/h3,5-6,9-12,21,23,26,30-32H,4,7-8,13-20,22H2,1-2H3,(H,43,44)(H,37,38,39). The Bertz CT molecular complexity index is 1480. The molecule has 4 heterocycles. The molecule has 2 atom stereocenters. The second-order valence-electron chi connectivity index (χ2n) is 12.9. The lowest BCUT2D eigenvalue weighted by molar-refractivity contribution is -0.0442. The first-order valence-electron chi connectivity index (χ1n) is 16.5. The Hall–Kier alpha value is -3.82. The highest BCUT2D eigenvalue weighted by molar-refractivity contribution is 5.94. The average Bonchev–Trinajstić information content (AvgIpc) is 3.08. The molecular weight excluding hydrogens is 566 g/mol. The van der Waals surface area contributed by atoms with Gasteiger partial charge in [-0.15, -0.1) is 0 Å². The number of piperidine rings is 2. The van der Waals surface area contributed by atoms with E-state index < -0.39 is 5.97 Å². The molecule has 3 aromatic rings. The minimum Gasteiger partial charge on any atom is -0.478 e. The van der Waals surface area contributed by atoms with Crippen LogP contribution in [-0.2, 0) is 4.74 Å². The number of aromatic carboxylic acids is 1. The summed E-state index contributed by atoms with van der Waals surface area (Å²) in [5.41, 5.74) is 5.22. The number of carboxylic acid groups (broad SMARTS) is 1. The maximum atomic E-state index is 13.6. The third-order valence-electron chi connectivity index (χ3n) is 9.98. The number of carbonyl (C=O) groups excluding carboxylic acids is 1. The van der Waals surface area contributed by atoms with Gasteiger partial charge in [0.2, 0.25) is 0 Å². The summed E-state index contributed by atoms with van der Waals surface area (Å²) in [6.45, 7) is 8.09. The topological polar surface area (TPSA) is 108 Å². The molecule has 9 nitrogen and oxygen atoms in total. The number of nitrogens with zero attached hydrogens (tertiary/aromatic N) is 4. The van der Waals surface area contributed by atoms with Crippen molar-refractivity contribution in [3.8, 4) is 0 Å². The van der Waals surface area contributed by atoms with Crippen molar-refractivity contribution in [3.63, 3.8) is 0 Å². The van der Waals surface area contributed by atoms with Crippen LogP contribution in [0, 0.1) is 13.8 Å². The molecule has 2 unspecified atom stereocenters. The number of anilines is 1. The van der Waals surface area contributed by atoms with E-state index in [4.69, 9.17) is 4.74 Å². The van der Waals surface area contributed by atoms with E-state index in [1.807, 2.05) is 24.0 Å². The predicted octanol–water partition coefficient (Wildman–Crippen LogP) is 6.00. The van der Waals surface area contributed by atoms with E-state index in [9.17, 15) is 14.7 Å². The highest BCUT2D eigenvalue weighted by Crippen LogP contribution is 2.33. The van der Waals surface area contributed by atoms with Crippen LogP contribution < -0.4 is 5.32 Å². The quantitative estimate of drug-likeness (QED) is 0.320. The van der Waals surface area contributed by atoms with Crippen molar-refractivity contribution in [1.82, 2.24) is 19.8 Å². The largest absolute Gasteiger partial charge is 0.478 e. The number of ether oxygens (including phenoxy) is 1. The van der Waals surface area contributed by atoms with E-state index in [0.717, 1.165) is 69.2 Å². The summed E-state index contributed by atoms with van der Waals surface area (Å²) in [6, 6.07) is 16.5. The van der Waals surface area contributed by atoms with Crippen LogP contribution in [0.2, 0.25) is 0 Å². The van der Waals surface area contributed by atoms with E-state index in [1.54, 1.807) is 6.07 Å². The van der Waals surface area contributed by atoms with Gasteiger partial charge >= 0.3 is 5.97 Å². The zero-order valence-corrected chi connectivity index (χ0v) is 26.5. The first kappa shape index (κ1) is 31.2. The number of aromatic nitrogens is 2. The Balaban J connectivity index is 0.988. The Labute approximate surface area is 266 Å². The number of hydrogen-bond acceptors (Lipinski definition) is 7. The Morgan fingerprint density at radius 3 is 2.40 bits per heavy atom. The van der Waals surface area contributed by atoms with Crippen LogP contribution in [0.5, 0.6) is 0 Å². The molecule has 1 aromatic heterocycles. The summed E-state index contributed by atoms with van der Waals surface area (Å²) in [5, 5.41) is 12.8. The zero-order valence-electron chi connectivity index (χ0n) is 26.5. The Morgan fingerprint density at radius 2 is 1.67 bits per heavy atom. The number of benzene rings is 2. The van der Waals surface area contributed by atoms with Crippen LogP contribution in [0.3, 0.4) is 0 Å². The van der Waals surface area contributed by atoms with E-state index >= 15 is 0 Å². The van der Waals surface area contributed by atoms with E-state index in [2.05, 4.69) is 57.4 Å². The molecule has 0 spiro atoms. The smallest absolute Gasteiger partial charge is 0.335 e. The van der Waals surface area contributed by atoms with Crippen molar-refractivity contribution < 1.29 is 19.4 Å². The maximum Gasteiger partial charge on any atom is 0.335 e. The molecule has 3 saturated heterocycles. The first-order chi connectivity index (χ1) is 21.9. The molecule has 6 rings (SSSR count). The summed E-state index contributed by atoms with van der Waals surface area (Å²) >= 11 is 0. The van der Waals surface area contributed by atoms with Gasteiger partial charge in [-0.3, -0.25) is 4.79 Å². The summed E-state index contributed by atoms with van der Waals surface area (Å²) in [6.07, 6.45) is 8.76. The minimum atomic E-state index is -0.874.